The predicted molar refractivity (Wildman–Crippen MR) is 188 cm³/mol. The molecule has 9 rings (SSSR count). The van der Waals surface area contributed by atoms with E-state index in [9.17, 15) is 14.7 Å². The highest BCUT2D eigenvalue weighted by atomic mass is 19.1. The molecule has 0 unspecified atom stereocenters. The van der Waals surface area contributed by atoms with Gasteiger partial charge in [-0.3, -0.25) is 4.79 Å². The van der Waals surface area contributed by atoms with E-state index in [-0.39, 0.29) is 79.9 Å². The quantitative estimate of drug-likeness (QED) is 0.250. The zero-order valence-corrected chi connectivity index (χ0v) is 29.3. The van der Waals surface area contributed by atoms with Crippen LogP contribution in [0.25, 0.3) is 33.2 Å². The molecule has 4 aromatic heterocycles. The fourth-order valence-corrected chi connectivity index (χ4v) is 7.67. The van der Waals surface area contributed by atoms with E-state index in [4.69, 9.17) is 28.6 Å². The first-order chi connectivity index (χ1) is 25.6. The van der Waals surface area contributed by atoms with Crippen LogP contribution in [0.2, 0.25) is 0 Å². The van der Waals surface area contributed by atoms with Crippen molar-refractivity contribution < 1.29 is 42.1 Å². The van der Waals surface area contributed by atoms with Gasteiger partial charge in [-0.05, 0) is 24.6 Å². The van der Waals surface area contributed by atoms with Crippen LogP contribution < -0.4 is 14.4 Å². The summed E-state index contributed by atoms with van der Waals surface area (Å²) in [5, 5.41) is 11.2. The molecule has 15 heteroatoms. The lowest BCUT2D eigenvalue weighted by molar-refractivity contribution is -0.139. The van der Waals surface area contributed by atoms with E-state index >= 15 is 8.78 Å². The smallest absolute Gasteiger partial charge is 0.326 e. The Labute approximate surface area is 302 Å². The summed E-state index contributed by atoms with van der Waals surface area (Å²) in [6, 6.07) is 9.26. The molecule has 2 saturated heterocycles. The first-order valence-corrected chi connectivity index (χ1v) is 17.7. The Morgan fingerprint density at radius 2 is 1.94 bits per heavy atom. The average Bonchev–Trinajstić information content (AvgIpc) is 3.76. The molecule has 0 saturated carbocycles. The van der Waals surface area contributed by atoms with E-state index in [0.29, 0.717) is 47.8 Å². The van der Waals surface area contributed by atoms with E-state index in [0.717, 1.165) is 11.6 Å². The average molecular weight is 729 g/mol. The maximum absolute atomic E-state index is 17.6. The van der Waals surface area contributed by atoms with Gasteiger partial charge in [-0.15, -0.1) is 0 Å². The molecule has 13 nitrogen and oxygen atoms in total. The Kier molecular flexibility index (Phi) is 9.05. The molecule has 4 aliphatic heterocycles. The number of para-hydroxylation sites is 1. The number of rotatable bonds is 3. The van der Waals surface area contributed by atoms with Gasteiger partial charge in [-0.25, -0.2) is 33.5 Å². The largest absolute Gasteiger partial charge is 0.481 e. The van der Waals surface area contributed by atoms with Crippen LogP contribution in [0.15, 0.2) is 53.2 Å². The molecule has 1 amide bonds. The number of benzene rings is 1. The van der Waals surface area contributed by atoms with Crippen molar-refractivity contribution >= 4 is 39.8 Å². The van der Waals surface area contributed by atoms with Gasteiger partial charge in [0.15, 0.2) is 11.4 Å². The number of anilines is 1. The van der Waals surface area contributed by atoms with E-state index in [1.165, 1.54) is 25.4 Å². The Hall–Kier alpha value is -5.44. The van der Waals surface area contributed by atoms with Crippen molar-refractivity contribution in [2.24, 2.45) is 5.92 Å². The molecule has 0 aliphatic carbocycles. The highest BCUT2D eigenvalue weighted by Crippen LogP contribution is 2.47. The number of furan rings is 1. The molecule has 1 N–H and O–H groups in total. The number of nitrogens with zero attached hydrogens (tertiary/aromatic N) is 6. The summed E-state index contributed by atoms with van der Waals surface area (Å²) in [5.74, 6) is -1.66. The molecule has 53 heavy (non-hydrogen) atoms. The summed E-state index contributed by atoms with van der Waals surface area (Å²) in [4.78, 5) is 47.4. The monoisotopic (exact) mass is 728 g/mol. The zero-order valence-electron chi connectivity index (χ0n) is 29.3. The Morgan fingerprint density at radius 1 is 1.09 bits per heavy atom. The van der Waals surface area contributed by atoms with Crippen LogP contribution in [0.5, 0.6) is 11.8 Å². The highest BCUT2D eigenvalue weighted by Gasteiger charge is 2.47. The molecule has 2 fully saturated rings. The molecule has 276 valence electrons. The second-order valence-electron chi connectivity index (χ2n) is 13.8. The van der Waals surface area contributed by atoms with Crippen molar-refractivity contribution in [3.05, 3.63) is 66.0 Å². The summed E-state index contributed by atoms with van der Waals surface area (Å²) in [5.41, 5.74) is -0.104. The van der Waals surface area contributed by atoms with Crippen molar-refractivity contribution in [3.8, 4) is 22.9 Å². The molecule has 4 atom stereocenters. The van der Waals surface area contributed by atoms with Crippen molar-refractivity contribution in [2.75, 3.05) is 44.9 Å². The van der Waals surface area contributed by atoms with Crippen LogP contribution in [-0.4, -0.2) is 93.9 Å². The third-order valence-corrected chi connectivity index (χ3v) is 10.5. The van der Waals surface area contributed by atoms with Gasteiger partial charge >= 0.3 is 5.97 Å². The Bertz CT molecular complexity index is 2220. The van der Waals surface area contributed by atoms with Gasteiger partial charge < -0.3 is 33.5 Å². The number of aromatic nitrogens is 4. The van der Waals surface area contributed by atoms with E-state index in [1.54, 1.807) is 16.7 Å². The second kappa shape index (κ2) is 13.8. The molecule has 1 aromatic carbocycles. The lowest BCUT2D eigenvalue weighted by Crippen LogP contribution is -2.49. The van der Waals surface area contributed by atoms with Crippen molar-refractivity contribution in [1.29, 1.82) is 0 Å². The SMILES string of the molecule is COc1cc(-c2cnc3c(c2)[C@@]2(F)CCN(C[C@@H]2C)C(=O)CCCOCCc2nc(c4oc5ccccc5c4n2)N2C[C@H](C[C@H]2C(=O)O)O3)c(F)cn1. The van der Waals surface area contributed by atoms with E-state index < -0.39 is 35.5 Å². The number of carboxylic acid groups (broad SMARTS) is 1. The van der Waals surface area contributed by atoms with Crippen LogP contribution >= 0.6 is 0 Å². The third kappa shape index (κ3) is 6.36. The Balaban J connectivity index is 1.24. The molecule has 6 bridgehead atoms. The van der Waals surface area contributed by atoms with Crippen molar-refractivity contribution in [3.63, 3.8) is 0 Å². The van der Waals surface area contributed by atoms with Gasteiger partial charge in [-0.1, -0.05) is 19.1 Å². The minimum atomic E-state index is -2.03. The standard InChI is InChI=1S/C38H38F2N6O7/c1-21-19-45-11-10-38(21,40)26-14-22(25-16-31(50-2)41-18-27(25)39)17-42-36(26)52-23-15-28(37(48)49)46(20-23)35-34-33(24-6-3-4-7-29(24)53-34)43-30(44-35)9-13-51-12-5-8-32(45)47/h3-4,6-7,14,16-18,21,23,28H,5,8-13,15,19-20H2,1-2H3,(H,48,49)/t21-,23-,28-,38+/m0/s1. The number of methoxy groups -OCH3 is 1. The van der Waals surface area contributed by atoms with Crippen LogP contribution in [0.4, 0.5) is 14.6 Å². The zero-order chi connectivity index (χ0) is 36.9. The third-order valence-electron chi connectivity index (χ3n) is 10.5. The number of carbonyl (C=O) groups is 2. The van der Waals surface area contributed by atoms with Crippen LogP contribution in [-0.2, 0) is 26.4 Å². The van der Waals surface area contributed by atoms with Gasteiger partial charge in [0.2, 0.25) is 17.7 Å². The molecule has 4 aliphatic rings. The van der Waals surface area contributed by atoms with Crippen LogP contribution in [0.3, 0.4) is 0 Å². The Morgan fingerprint density at radius 3 is 2.75 bits per heavy atom. The number of hydrogen-bond donors (Lipinski definition) is 1. The van der Waals surface area contributed by atoms with Gasteiger partial charge in [-0.2, -0.15) is 0 Å². The van der Waals surface area contributed by atoms with E-state index in [1.807, 2.05) is 24.3 Å². The summed E-state index contributed by atoms with van der Waals surface area (Å²) in [6.45, 7) is 2.70. The number of halogens is 2. The number of fused-ring (bicyclic) bond motifs is 11. The van der Waals surface area contributed by atoms with Gasteiger partial charge in [0, 0.05) is 80.1 Å². The topological polar surface area (TPSA) is 153 Å². The maximum atomic E-state index is 17.6. The highest BCUT2D eigenvalue weighted by molar-refractivity contribution is 6.06. The second-order valence-corrected chi connectivity index (χ2v) is 13.8. The normalized spacial score (nSPS) is 23.9. The van der Waals surface area contributed by atoms with Crippen LogP contribution in [0.1, 0.15) is 44.0 Å². The fraction of sp³-hybridized carbons (Fsp3) is 0.421. The maximum Gasteiger partial charge on any atom is 0.326 e. The van der Waals surface area contributed by atoms with Crippen LogP contribution in [0, 0.1) is 11.7 Å². The molecule has 8 heterocycles. The minimum Gasteiger partial charge on any atom is -0.481 e. The number of aliphatic carboxylic acids is 1. The lowest BCUT2D eigenvalue weighted by atomic mass is 9.78. The summed E-state index contributed by atoms with van der Waals surface area (Å²) < 4.78 is 56.6. The molecule has 0 spiro atoms. The van der Waals surface area contributed by atoms with Gasteiger partial charge in [0.1, 0.15) is 40.6 Å². The predicted octanol–water partition coefficient (Wildman–Crippen LogP) is 5.48. The molecule has 5 aromatic rings. The number of carbonyl (C=O) groups excluding carboxylic acids is 1. The molecular weight excluding hydrogens is 690 g/mol. The first kappa shape index (κ1) is 34.6. The van der Waals surface area contributed by atoms with Gasteiger partial charge in [0.25, 0.3) is 0 Å². The number of alkyl halides is 1. The van der Waals surface area contributed by atoms with Crippen molar-refractivity contribution in [2.45, 2.75) is 56.8 Å². The number of amides is 1. The number of ether oxygens (including phenoxy) is 3. The lowest BCUT2D eigenvalue weighted by Gasteiger charge is -2.42. The summed E-state index contributed by atoms with van der Waals surface area (Å²) in [6.07, 6.45) is 2.67. The number of pyridine rings is 2. The summed E-state index contributed by atoms with van der Waals surface area (Å²) in [7, 11) is 1.41. The molecule has 0 radical (unpaired) electrons. The number of hydrogen-bond acceptors (Lipinski definition) is 11. The fourth-order valence-electron chi connectivity index (χ4n) is 7.67. The van der Waals surface area contributed by atoms with Gasteiger partial charge in [0.05, 0.1) is 32.0 Å². The van der Waals surface area contributed by atoms with Crippen molar-refractivity contribution in [1.82, 2.24) is 24.8 Å². The summed E-state index contributed by atoms with van der Waals surface area (Å²) >= 11 is 0. The first-order valence-electron chi connectivity index (χ1n) is 17.7. The van der Waals surface area contributed by atoms with E-state index in [2.05, 4.69) is 9.97 Å². The number of carboxylic acids is 1. The number of piperidine rings is 1. The minimum absolute atomic E-state index is 0.0235. The molecular formula is C38H38F2N6O7.